The third-order valence-corrected chi connectivity index (χ3v) is 8.27. The van der Waals surface area contributed by atoms with Crippen LogP contribution in [0.15, 0.2) is 77.7 Å². The van der Waals surface area contributed by atoms with Crippen molar-refractivity contribution in [2.24, 2.45) is 0 Å². The summed E-state index contributed by atoms with van der Waals surface area (Å²) in [7, 11) is -4.10. The molecule has 0 bridgehead atoms. The van der Waals surface area contributed by atoms with Crippen LogP contribution in [0.2, 0.25) is 0 Å². The van der Waals surface area contributed by atoms with Crippen LogP contribution in [0.4, 0.5) is 8.78 Å². The molecular weight excluding hydrogens is 510 g/mol. The molecule has 37 heavy (non-hydrogen) atoms. The first-order chi connectivity index (χ1) is 17.7. The van der Waals surface area contributed by atoms with E-state index in [9.17, 15) is 21.8 Å². The molecule has 0 atom stereocenters. The van der Waals surface area contributed by atoms with Gasteiger partial charge in [-0.05, 0) is 53.1 Å². The molecule has 0 amide bonds. The topological polar surface area (TPSA) is 54.4 Å². The molecule has 0 aliphatic carbocycles. The van der Waals surface area contributed by atoms with E-state index >= 15 is 0 Å². The molecule has 0 fully saturated rings. The molecule has 0 heterocycles. The molecule has 0 spiro atoms. The number of alkyl halides is 2. The van der Waals surface area contributed by atoms with Crippen molar-refractivity contribution in [3.05, 3.63) is 78.4 Å². The molecule has 7 heteroatoms. The molecule has 200 valence electrons. The van der Waals surface area contributed by atoms with Crippen LogP contribution in [-0.2, 0) is 16.5 Å². The van der Waals surface area contributed by atoms with Gasteiger partial charge >= 0.3 is 0 Å². The number of halogens is 2. The lowest BCUT2D eigenvalue weighted by Crippen LogP contribution is -2.16. The van der Waals surface area contributed by atoms with E-state index in [1.54, 1.807) is 0 Å². The Labute approximate surface area is 224 Å². The Kier molecular flexibility index (Phi) is 11.2. The van der Waals surface area contributed by atoms with E-state index < -0.39 is 16.0 Å². The van der Waals surface area contributed by atoms with E-state index in [0.717, 1.165) is 52.0 Å². The summed E-state index contributed by atoms with van der Waals surface area (Å²) < 4.78 is 61.2. The van der Waals surface area contributed by atoms with Crippen molar-refractivity contribution in [2.45, 2.75) is 69.1 Å². The van der Waals surface area contributed by atoms with Gasteiger partial charge in [0.2, 0.25) is 5.92 Å². The van der Waals surface area contributed by atoms with Gasteiger partial charge in [0.05, 0.1) is 5.75 Å². The third kappa shape index (κ3) is 9.55. The molecule has 3 rings (SSSR count). The van der Waals surface area contributed by atoms with Crippen molar-refractivity contribution in [1.82, 2.24) is 0 Å². The van der Waals surface area contributed by atoms with E-state index in [1.807, 2.05) is 72.8 Å². The molecule has 0 aromatic heterocycles. The van der Waals surface area contributed by atoms with Crippen LogP contribution in [-0.4, -0.2) is 30.4 Å². The van der Waals surface area contributed by atoms with E-state index in [4.69, 9.17) is 0 Å². The first-order valence-corrected chi connectivity index (χ1v) is 15.5. The number of unbranched alkanes of at least 4 members (excludes halogenated alkanes) is 3. The van der Waals surface area contributed by atoms with Gasteiger partial charge in [0, 0.05) is 23.5 Å². The fourth-order valence-electron chi connectivity index (χ4n) is 4.48. The maximum absolute atomic E-state index is 14.5. The monoisotopic (exact) mass is 546 g/mol. The number of rotatable bonds is 15. The van der Waals surface area contributed by atoms with Crippen molar-refractivity contribution in [1.29, 1.82) is 0 Å². The van der Waals surface area contributed by atoms with Gasteiger partial charge in [-0.15, -0.1) is 11.8 Å². The minimum absolute atomic E-state index is 0.0863. The Balaban J connectivity index is 1.93. The third-order valence-electron chi connectivity index (χ3n) is 6.37. The zero-order valence-electron chi connectivity index (χ0n) is 21.3. The highest BCUT2D eigenvalue weighted by Gasteiger charge is 2.28. The highest BCUT2D eigenvalue weighted by molar-refractivity contribution is 7.99. The SMILES string of the molecule is CCCCCCC(F)(F)CCSc1ccc(-c2ccccc2)c(-c2ccccc2)c1CCCS(=O)(=O)O. The Bertz CT molecular complexity index is 1210. The summed E-state index contributed by atoms with van der Waals surface area (Å²) in [4.78, 5) is 0.871. The van der Waals surface area contributed by atoms with E-state index in [1.165, 1.54) is 11.8 Å². The maximum atomic E-state index is 14.5. The van der Waals surface area contributed by atoms with E-state index in [-0.39, 0.29) is 30.8 Å². The van der Waals surface area contributed by atoms with Gasteiger partial charge in [0.1, 0.15) is 0 Å². The smallest absolute Gasteiger partial charge is 0.264 e. The summed E-state index contributed by atoms with van der Waals surface area (Å²) >= 11 is 1.40. The highest BCUT2D eigenvalue weighted by atomic mass is 32.2. The second-order valence-corrected chi connectivity index (χ2v) is 12.1. The molecule has 3 nitrogen and oxygen atoms in total. The summed E-state index contributed by atoms with van der Waals surface area (Å²) in [6, 6.07) is 23.8. The van der Waals surface area contributed by atoms with Gasteiger partial charge in [-0.25, -0.2) is 8.78 Å². The Morgan fingerprint density at radius 2 is 1.46 bits per heavy atom. The lowest BCUT2D eigenvalue weighted by Gasteiger charge is -2.21. The predicted molar refractivity (Wildman–Crippen MR) is 151 cm³/mol. The molecule has 3 aromatic carbocycles. The Morgan fingerprint density at radius 1 is 0.811 bits per heavy atom. The maximum Gasteiger partial charge on any atom is 0.264 e. The van der Waals surface area contributed by atoms with Crippen LogP contribution in [0.1, 0.15) is 57.4 Å². The van der Waals surface area contributed by atoms with Crippen LogP contribution in [0.5, 0.6) is 0 Å². The molecule has 0 radical (unpaired) electrons. The van der Waals surface area contributed by atoms with Crippen LogP contribution >= 0.6 is 11.8 Å². The molecule has 0 aliphatic rings. The number of thioether (sulfide) groups is 1. The summed E-state index contributed by atoms with van der Waals surface area (Å²) in [5.41, 5.74) is 4.89. The number of benzene rings is 3. The van der Waals surface area contributed by atoms with E-state index in [2.05, 4.69) is 6.92 Å². The normalized spacial score (nSPS) is 12.1. The lowest BCUT2D eigenvalue weighted by molar-refractivity contribution is -0.0125. The molecule has 0 saturated carbocycles. The minimum Gasteiger partial charge on any atom is -0.286 e. The molecule has 1 N–H and O–H groups in total. The van der Waals surface area contributed by atoms with Gasteiger partial charge in [0.15, 0.2) is 0 Å². The predicted octanol–water partition coefficient (Wildman–Crippen LogP) is 8.93. The van der Waals surface area contributed by atoms with Gasteiger partial charge in [-0.3, -0.25) is 4.55 Å². The van der Waals surface area contributed by atoms with Gasteiger partial charge in [-0.1, -0.05) is 92.9 Å². The lowest BCUT2D eigenvalue weighted by atomic mass is 9.89. The largest absolute Gasteiger partial charge is 0.286 e. The molecule has 0 saturated heterocycles. The molecule has 0 aliphatic heterocycles. The molecule has 3 aromatic rings. The standard InChI is InChI=1S/C30H36F2O3S2/c1-2-3-4-11-20-30(31,32)21-22-36-28-19-18-26(24-13-7-5-8-14-24)29(25-15-9-6-10-16-25)27(28)17-12-23-37(33,34)35/h5-10,13-16,18-19H,2-4,11-12,17,20-23H2,1H3,(H,33,34,35). The summed E-state index contributed by atoms with van der Waals surface area (Å²) in [5.74, 6) is -2.78. The van der Waals surface area contributed by atoms with Crippen molar-refractivity contribution >= 4 is 21.9 Å². The molecular formula is C30H36F2O3S2. The summed E-state index contributed by atoms with van der Waals surface area (Å²) in [6.45, 7) is 2.06. The van der Waals surface area contributed by atoms with Crippen LogP contribution in [0.25, 0.3) is 22.3 Å². The van der Waals surface area contributed by atoms with Crippen molar-refractivity contribution in [3.8, 4) is 22.3 Å². The minimum atomic E-state index is -4.10. The van der Waals surface area contributed by atoms with Gasteiger partial charge < -0.3 is 0 Å². The fourth-order valence-corrected chi connectivity index (χ4v) is 6.15. The average molecular weight is 547 g/mol. The van der Waals surface area contributed by atoms with Crippen LogP contribution < -0.4 is 0 Å². The zero-order valence-corrected chi connectivity index (χ0v) is 23.0. The van der Waals surface area contributed by atoms with Crippen LogP contribution in [0.3, 0.4) is 0 Å². The summed E-state index contributed by atoms with van der Waals surface area (Å²) in [6.07, 6.45) is 3.72. The van der Waals surface area contributed by atoms with Crippen molar-refractivity contribution < 1.29 is 21.8 Å². The zero-order chi connectivity index (χ0) is 26.7. The summed E-state index contributed by atoms with van der Waals surface area (Å²) in [5, 5.41) is 0. The quantitative estimate of drug-likeness (QED) is 0.117. The Hall–Kier alpha value is -2.22. The average Bonchev–Trinajstić information content (AvgIpc) is 2.87. The molecule has 0 unspecified atom stereocenters. The fraction of sp³-hybridized carbons (Fsp3) is 0.400. The number of hydrogen-bond donors (Lipinski definition) is 1. The van der Waals surface area contributed by atoms with Crippen molar-refractivity contribution in [2.75, 3.05) is 11.5 Å². The second kappa shape index (κ2) is 14.1. The number of hydrogen-bond acceptors (Lipinski definition) is 3. The Morgan fingerprint density at radius 3 is 2.08 bits per heavy atom. The van der Waals surface area contributed by atoms with Crippen molar-refractivity contribution in [3.63, 3.8) is 0 Å². The highest BCUT2D eigenvalue weighted by Crippen LogP contribution is 2.41. The first-order valence-electron chi connectivity index (χ1n) is 12.9. The van der Waals surface area contributed by atoms with Crippen LogP contribution in [0, 0.1) is 0 Å². The van der Waals surface area contributed by atoms with Gasteiger partial charge in [-0.2, -0.15) is 8.42 Å². The van der Waals surface area contributed by atoms with Gasteiger partial charge in [0.25, 0.3) is 10.1 Å². The van der Waals surface area contributed by atoms with E-state index in [0.29, 0.717) is 12.8 Å². The second-order valence-electron chi connectivity index (χ2n) is 9.35. The first kappa shape index (κ1) is 29.3.